The fourth-order valence-electron chi connectivity index (χ4n) is 4.90. The standard InChI is InChI=1S/C25H26N2O/c1-26-23-10-6-5-9-21(23)22-16-20(25(28)24(22)26)15-18-11-13-27(14-12-18)17-19-7-3-2-4-8-19/h2-10,15,18H,11-14,16-17H2,1H3/b20-15+. The maximum Gasteiger partial charge on any atom is 0.205 e. The van der Waals surface area contributed by atoms with E-state index >= 15 is 0 Å². The number of benzene rings is 2. The third-order valence-corrected chi connectivity index (χ3v) is 6.40. The first-order valence-corrected chi connectivity index (χ1v) is 10.3. The van der Waals surface area contributed by atoms with Crippen LogP contribution in [0.5, 0.6) is 0 Å². The van der Waals surface area contributed by atoms with Crippen molar-refractivity contribution in [2.75, 3.05) is 13.1 Å². The monoisotopic (exact) mass is 370 g/mol. The lowest BCUT2D eigenvalue weighted by molar-refractivity contribution is 0.103. The number of allylic oxidation sites excluding steroid dienone is 2. The van der Waals surface area contributed by atoms with Gasteiger partial charge in [0.2, 0.25) is 5.78 Å². The third-order valence-electron chi connectivity index (χ3n) is 6.40. The van der Waals surface area contributed by atoms with Crippen molar-refractivity contribution in [3.63, 3.8) is 0 Å². The van der Waals surface area contributed by atoms with Crippen molar-refractivity contribution in [2.45, 2.75) is 25.8 Å². The van der Waals surface area contributed by atoms with Gasteiger partial charge in [-0.3, -0.25) is 9.69 Å². The average Bonchev–Trinajstić information content (AvgIpc) is 3.20. The molecule has 1 aliphatic heterocycles. The van der Waals surface area contributed by atoms with Crippen LogP contribution in [0.25, 0.3) is 10.9 Å². The maximum absolute atomic E-state index is 13.1. The van der Waals surface area contributed by atoms with Crippen LogP contribution in [-0.4, -0.2) is 28.3 Å². The van der Waals surface area contributed by atoms with E-state index in [1.165, 1.54) is 16.5 Å². The first-order valence-electron chi connectivity index (χ1n) is 10.3. The molecular formula is C25H26N2O. The van der Waals surface area contributed by atoms with Crippen LogP contribution in [0.15, 0.2) is 66.2 Å². The Morgan fingerprint density at radius 1 is 1.00 bits per heavy atom. The van der Waals surface area contributed by atoms with Gasteiger partial charge in [0, 0.05) is 36.5 Å². The summed E-state index contributed by atoms with van der Waals surface area (Å²) in [6, 6.07) is 19.1. The summed E-state index contributed by atoms with van der Waals surface area (Å²) in [4.78, 5) is 15.6. The highest BCUT2D eigenvalue weighted by Crippen LogP contribution is 2.36. The first-order chi connectivity index (χ1) is 13.7. The SMILES string of the molecule is Cn1c2c(c3ccccc31)C/C(=C\C1CCN(Cc3ccccc3)CC1)C2=O. The molecule has 2 aliphatic rings. The highest BCUT2D eigenvalue weighted by molar-refractivity contribution is 6.16. The highest BCUT2D eigenvalue weighted by atomic mass is 16.1. The van der Waals surface area contributed by atoms with Crippen molar-refractivity contribution in [1.29, 1.82) is 0 Å². The van der Waals surface area contributed by atoms with E-state index in [0.29, 0.717) is 5.92 Å². The smallest absolute Gasteiger partial charge is 0.205 e. The average molecular weight is 370 g/mol. The zero-order chi connectivity index (χ0) is 19.1. The lowest BCUT2D eigenvalue weighted by Gasteiger charge is -2.31. The number of para-hydroxylation sites is 1. The van der Waals surface area contributed by atoms with Gasteiger partial charge in [-0.25, -0.2) is 0 Å². The Labute approximate surface area is 166 Å². The Morgan fingerprint density at radius 2 is 1.71 bits per heavy atom. The third kappa shape index (κ3) is 3.00. The van der Waals surface area contributed by atoms with Gasteiger partial charge in [0.05, 0.1) is 5.69 Å². The summed E-state index contributed by atoms with van der Waals surface area (Å²) in [5.41, 5.74) is 5.67. The van der Waals surface area contributed by atoms with Gasteiger partial charge in [0.1, 0.15) is 0 Å². The van der Waals surface area contributed by atoms with Crippen molar-refractivity contribution >= 4 is 16.7 Å². The highest BCUT2D eigenvalue weighted by Gasteiger charge is 2.31. The molecule has 28 heavy (non-hydrogen) atoms. The van der Waals surface area contributed by atoms with Crippen LogP contribution in [0.4, 0.5) is 0 Å². The number of likely N-dealkylation sites (tertiary alicyclic amines) is 1. The summed E-state index contributed by atoms with van der Waals surface area (Å²) < 4.78 is 2.08. The Hall–Kier alpha value is -2.65. The minimum atomic E-state index is 0.236. The van der Waals surface area contributed by atoms with E-state index in [1.807, 2.05) is 13.1 Å². The van der Waals surface area contributed by atoms with Crippen molar-refractivity contribution in [3.05, 3.63) is 83.1 Å². The molecule has 0 amide bonds. The Balaban J connectivity index is 1.29. The molecule has 2 aromatic carbocycles. The van der Waals surface area contributed by atoms with E-state index in [4.69, 9.17) is 0 Å². The molecule has 3 heteroatoms. The Morgan fingerprint density at radius 3 is 2.50 bits per heavy atom. The van der Waals surface area contributed by atoms with Crippen LogP contribution in [0.1, 0.15) is 34.5 Å². The van der Waals surface area contributed by atoms with Gasteiger partial charge >= 0.3 is 0 Å². The van der Waals surface area contributed by atoms with E-state index in [2.05, 4.69) is 64.1 Å². The molecule has 0 saturated carbocycles. The van der Waals surface area contributed by atoms with Gasteiger partial charge in [-0.15, -0.1) is 0 Å². The largest absolute Gasteiger partial charge is 0.341 e. The number of hydrogen-bond donors (Lipinski definition) is 0. The molecule has 1 fully saturated rings. The van der Waals surface area contributed by atoms with Gasteiger partial charge in [-0.2, -0.15) is 0 Å². The quantitative estimate of drug-likeness (QED) is 0.621. The fraction of sp³-hybridized carbons (Fsp3) is 0.320. The summed E-state index contributed by atoms with van der Waals surface area (Å²) >= 11 is 0. The maximum atomic E-state index is 13.1. The minimum Gasteiger partial charge on any atom is -0.341 e. The number of hydrogen-bond acceptors (Lipinski definition) is 2. The summed E-state index contributed by atoms with van der Waals surface area (Å²) in [6.07, 6.45) is 5.36. The van der Waals surface area contributed by atoms with Gasteiger partial charge < -0.3 is 4.57 Å². The zero-order valence-electron chi connectivity index (χ0n) is 16.4. The molecule has 5 rings (SSSR count). The number of Topliss-reactive ketones (excluding diaryl/α,β-unsaturated/α-hetero) is 1. The molecule has 0 spiro atoms. The molecule has 0 radical (unpaired) electrons. The molecule has 1 aliphatic carbocycles. The van der Waals surface area contributed by atoms with Crippen LogP contribution in [0.2, 0.25) is 0 Å². The van der Waals surface area contributed by atoms with Gasteiger partial charge in [0.25, 0.3) is 0 Å². The lowest BCUT2D eigenvalue weighted by Crippen LogP contribution is -2.32. The van der Waals surface area contributed by atoms with E-state index in [9.17, 15) is 4.79 Å². The summed E-state index contributed by atoms with van der Waals surface area (Å²) in [5.74, 6) is 0.756. The molecule has 3 aromatic rings. The normalized spacial score (nSPS) is 19.6. The topological polar surface area (TPSA) is 25.2 Å². The molecule has 142 valence electrons. The molecular weight excluding hydrogens is 344 g/mol. The molecule has 1 saturated heterocycles. The number of carbonyl (C=O) groups is 1. The first kappa shape index (κ1) is 17.4. The fourth-order valence-corrected chi connectivity index (χ4v) is 4.90. The second kappa shape index (κ2) is 7.06. The van der Waals surface area contributed by atoms with Crippen molar-refractivity contribution < 1.29 is 4.79 Å². The lowest BCUT2D eigenvalue weighted by atomic mass is 9.93. The molecule has 0 N–H and O–H groups in total. The van der Waals surface area contributed by atoms with E-state index in [0.717, 1.165) is 55.7 Å². The van der Waals surface area contributed by atoms with Crippen molar-refractivity contribution in [1.82, 2.24) is 9.47 Å². The second-order valence-corrected chi connectivity index (χ2v) is 8.20. The molecule has 3 nitrogen and oxygen atoms in total. The second-order valence-electron chi connectivity index (χ2n) is 8.20. The number of nitrogens with zero attached hydrogens (tertiary/aromatic N) is 2. The summed E-state index contributed by atoms with van der Waals surface area (Å²) in [7, 11) is 2.02. The number of carbonyl (C=O) groups excluding carboxylic acids is 1. The predicted octanol–water partition coefficient (Wildman–Crippen LogP) is 4.76. The van der Waals surface area contributed by atoms with Crippen LogP contribution < -0.4 is 0 Å². The van der Waals surface area contributed by atoms with Gasteiger partial charge in [-0.05, 0) is 49.0 Å². The van der Waals surface area contributed by atoms with Gasteiger partial charge in [-0.1, -0.05) is 54.6 Å². The Kier molecular flexibility index (Phi) is 4.40. The van der Waals surface area contributed by atoms with E-state index in [1.54, 1.807) is 0 Å². The van der Waals surface area contributed by atoms with Crippen molar-refractivity contribution in [2.24, 2.45) is 13.0 Å². The summed E-state index contributed by atoms with van der Waals surface area (Å²) in [6.45, 7) is 3.24. The Bertz CT molecular complexity index is 1050. The van der Waals surface area contributed by atoms with Crippen LogP contribution in [0.3, 0.4) is 0 Å². The summed E-state index contributed by atoms with van der Waals surface area (Å²) in [5, 5.41) is 1.23. The molecule has 2 heterocycles. The number of ketones is 1. The van der Waals surface area contributed by atoms with Crippen LogP contribution in [-0.2, 0) is 20.0 Å². The number of piperidine rings is 1. The van der Waals surface area contributed by atoms with Crippen LogP contribution >= 0.6 is 0 Å². The van der Waals surface area contributed by atoms with Crippen molar-refractivity contribution in [3.8, 4) is 0 Å². The van der Waals surface area contributed by atoms with E-state index in [-0.39, 0.29) is 5.78 Å². The number of aryl methyl sites for hydroxylation is 1. The molecule has 0 atom stereocenters. The molecule has 1 aromatic heterocycles. The zero-order valence-corrected chi connectivity index (χ0v) is 16.4. The predicted molar refractivity (Wildman–Crippen MR) is 113 cm³/mol. The van der Waals surface area contributed by atoms with Gasteiger partial charge in [0.15, 0.2) is 0 Å². The number of aromatic nitrogens is 1. The minimum absolute atomic E-state index is 0.236. The molecule has 0 unspecified atom stereocenters. The van der Waals surface area contributed by atoms with E-state index < -0.39 is 0 Å². The van der Waals surface area contributed by atoms with Crippen LogP contribution in [0, 0.1) is 5.92 Å². The number of fused-ring (bicyclic) bond motifs is 3. The molecule has 0 bridgehead atoms. The number of rotatable bonds is 3.